The Bertz CT molecular complexity index is 807. The summed E-state index contributed by atoms with van der Waals surface area (Å²) in [6.07, 6.45) is 1.17. The third-order valence-electron chi connectivity index (χ3n) is 3.21. The minimum Gasteiger partial charge on any atom is -0.324 e. The zero-order chi connectivity index (χ0) is 16.8. The van der Waals surface area contributed by atoms with Crippen molar-refractivity contribution in [2.75, 3.05) is 0 Å². The zero-order valence-electron chi connectivity index (χ0n) is 12.5. The molecule has 1 atom stereocenters. The highest BCUT2D eigenvalue weighted by molar-refractivity contribution is 6.37. The summed E-state index contributed by atoms with van der Waals surface area (Å²) in [4.78, 5) is 13.9. The van der Waals surface area contributed by atoms with Gasteiger partial charge in [0.1, 0.15) is 11.2 Å². The smallest absolute Gasteiger partial charge is 0.306 e. The van der Waals surface area contributed by atoms with Crippen molar-refractivity contribution in [3.05, 3.63) is 81.5 Å². The van der Waals surface area contributed by atoms with Gasteiger partial charge in [-0.2, -0.15) is 0 Å². The fourth-order valence-corrected chi connectivity index (χ4v) is 2.26. The second kappa shape index (κ2) is 7.67. The van der Waals surface area contributed by atoms with Crippen LogP contribution in [0.3, 0.4) is 0 Å². The van der Waals surface area contributed by atoms with E-state index in [2.05, 4.69) is 4.98 Å². The predicted molar refractivity (Wildman–Crippen MR) is 92.5 cm³/mol. The molecule has 0 fully saturated rings. The molecular weight excluding hydrogens is 314 g/mol. The Morgan fingerprint density at radius 3 is 2.30 bits per heavy atom. The van der Waals surface area contributed by atoms with Crippen molar-refractivity contribution in [1.29, 1.82) is 0 Å². The lowest BCUT2D eigenvalue weighted by Gasteiger charge is -2.02. The molecule has 0 amide bonds. The lowest BCUT2D eigenvalue weighted by molar-refractivity contribution is -0.384. The Labute approximate surface area is 138 Å². The predicted octanol–water partition coefficient (Wildman–Crippen LogP) is 4.50. The minimum absolute atomic E-state index is 0.139. The van der Waals surface area contributed by atoms with Crippen LogP contribution in [0, 0.1) is 10.1 Å². The molecule has 3 aromatic rings. The fraction of sp³-hybridized carbons (Fsp3) is 0.118. The summed E-state index contributed by atoms with van der Waals surface area (Å²) in [7, 11) is 0. The highest BCUT2D eigenvalue weighted by atomic mass is 35.5. The molecule has 0 aliphatic rings. The number of pyridine rings is 1. The molecule has 0 aliphatic carbocycles. The van der Waals surface area contributed by atoms with Crippen LogP contribution < -0.4 is 5.73 Å². The van der Waals surface area contributed by atoms with Gasteiger partial charge < -0.3 is 5.73 Å². The number of nitrogens with zero attached hydrogens (tertiary/aromatic N) is 2. The van der Waals surface area contributed by atoms with Crippen LogP contribution in [0.25, 0.3) is 10.9 Å². The molecular formula is C17H16ClN3O2. The summed E-state index contributed by atoms with van der Waals surface area (Å²) < 4.78 is 0. The van der Waals surface area contributed by atoms with Gasteiger partial charge in [0.15, 0.2) is 0 Å². The average molecular weight is 330 g/mol. The summed E-state index contributed by atoms with van der Waals surface area (Å²) in [5, 5.41) is 11.3. The van der Waals surface area contributed by atoms with Crippen molar-refractivity contribution in [3.63, 3.8) is 0 Å². The standard InChI is InChI=1S/C9H5ClN2O2.C8H11N/c10-9-6-3-1-2-4-7(6)11-5-8(9)12(13)14;1-7(9)8-5-3-2-4-6-8/h1-5H;2-7H,9H2,1H3. The van der Waals surface area contributed by atoms with E-state index in [4.69, 9.17) is 17.3 Å². The number of nitro groups is 1. The number of hydrogen-bond acceptors (Lipinski definition) is 4. The van der Waals surface area contributed by atoms with E-state index in [0.29, 0.717) is 10.9 Å². The van der Waals surface area contributed by atoms with Crippen LogP contribution >= 0.6 is 11.6 Å². The maximum atomic E-state index is 10.5. The number of halogens is 1. The van der Waals surface area contributed by atoms with E-state index >= 15 is 0 Å². The van der Waals surface area contributed by atoms with Gasteiger partial charge in [0.25, 0.3) is 0 Å². The monoisotopic (exact) mass is 329 g/mol. The molecule has 2 aromatic carbocycles. The second-order valence-electron chi connectivity index (χ2n) is 4.93. The van der Waals surface area contributed by atoms with Crippen molar-refractivity contribution >= 4 is 28.2 Å². The molecule has 0 aliphatic heterocycles. The largest absolute Gasteiger partial charge is 0.324 e. The SMILES string of the molecule is CC(N)c1ccccc1.O=[N+]([O-])c1cnc2ccccc2c1Cl. The van der Waals surface area contributed by atoms with Crippen LogP contribution in [0.2, 0.25) is 5.02 Å². The normalized spacial score (nSPS) is 11.4. The molecule has 5 nitrogen and oxygen atoms in total. The molecule has 0 saturated heterocycles. The first-order valence-electron chi connectivity index (χ1n) is 6.99. The molecule has 0 spiro atoms. The first kappa shape index (κ1) is 16.9. The van der Waals surface area contributed by atoms with Crippen LogP contribution in [-0.2, 0) is 0 Å². The van der Waals surface area contributed by atoms with Crippen LogP contribution in [0.15, 0.2) is 60.8 Å². The zero-order valence-corrected chi connectivity index (χ0v) is 13.3. The molecule has 3 rings (SSSR count). The van der Waals surface area contributed by atoms with E-state index in [-0.39, 0.29) is 16.8 Å². The lowest BCUT2D eigenvalue weighted by Crippen LogP contribution is -2.03. The number of nitrogens with two attached hydrogens (primary N) is 1. The summed E-state index contributed by atoms with van der Waals surface area (Å²) >= 11 is 5.85. The first-order valence-corrected chi connectivity index (χ1v) is 7.36. The molecule has 23 heavy (non-hydrogen) atoms. The van der Waals surface area contributed by atoms with Gasteiger partial charge in [-0.25, -0.2) is 4.98 Å². The van der Waals surface area contributed by atoms with Gasteiger partial charge in [-0.05, 0) is 18.6 Å². The number of fused-ring (bicyclic) bond motifs is 1. The van der Waals surface area contributed by atoms with Crippen molar-refractivity contribution in [3.8, 4) is 0 Å². The van der Waals surface area contributed by atoms with Crippen molar-refractivity contribution in [1.82, 2.24) is 4.98 Å². The molecule has 0 radical (unpaired) electrons. The Balaban J connectivity index is 0.000000185. The van der Waals surface area contributed by atoms with E-state index in [9.17, 15) is 10.1 Å². The number of hydrogen-bond donors (Lipinski definition) is 1. The van der Waals surface area contributed by atoms with Gasteiger partial charge in [-0.1, -0.05) is 60.1 Å². The van der Waals surface area contributed by atoms with Gasteiger partial charge in [0, 0.05) is 11.4 Å². The third kappa shape index (κ3) is 4.25. The van der Waals surface area contributed by atoms with Crippen LogP contribution in [-0.4, -0.2) is 9.91 Å². The molecule has 2 N–H and O–H groups in total. The summed E-state index contributed by atoms with van der Waals surface area (Å²) in [5.41, 5.74) is 7.30. The maximum absolute atomic E-state index is 10.5. The van der Waals surface area contributed by atoms with E-state index in [1.807, 2.05) is 37.3 Å². The van der Waals surface area contributed by atoms with Gasteiger partial charge in [-0.3, -0.25) is 10.1 Å². The molecule has 118 valence electrons. The number of aromatic nitrogens is 1. The van der Waals surface area contributed by atoms with E-state index in [1.165, 1.54) is 11.8 Å². The van der Waals surface area contributed by atoms with Crippen LogP contribution in [0.5, 0.6) is 0 Å². The summed E-state index contributed by atoms with van der Waals surface area (Å²) in [5.74, 6) is 0. The van der Waals surface area contributed by atoms with Gasteiger partial charge in [0.2, 0.25) is 0 Å². The van der Waals surface area contributed by atoms with Gasteiger partial charge >= 0.3 is 5.69 Å². The highest BCUT2D eigenvalue weighted by Crippen LogP contribution is 2.30. The van der Waals surface area contributed by atoms with Crippen molar-refractivity contribution in [2.45, 2.75) is 13.0 Å². The Morgan fingerprint density at radius 1 is 1.13 bits per heavy atom. The van der Waals surface area contributed by atoms with E-state index < -0.39 is 4.92 Å². The van der Waals surface area contributed by atoms with Gasteiger partial charge in [-0.15, -0.1) is 0 Å². The van der Waals surface area contributed by atoms with Crippen molar-refractivity contribution < 1.29 is 4.92 Å². The molecule has 1 unspecified atom stereocenters. The molecule has 6 heteroatoms. The first-order chi connectivity index (χ1) is 11.0. The Morgan fingerprint density at radius 2 is 1.74 bits per heavy atom. The van der Waals surface area contributed by atoms with Crippen LogP contribution in [0.1, 0.15) is 18.5 Å². The Hall–Kier alpha value is -2.50. The summed E-state index contributed by atoms with van der Waals surface area (Å²) in [6, 6.07) is 17.2. The average Bonchev–Trinajstić information content (AvgIpc) is 2.56. The second-order valence-corrected chi connectivity index (χ2v) is 5.31. The number of benzene rings is 2. The molecule has 1 heterocycles. The van der Waals surface area contributed by atoms with Crippen molar-refractivity contribution in [2.24, 2.45) is 5.73 Å². The maximum Gasteiger partial charge on any atom is 0.306 e. The summed E-state index contributed by atoms with van der Waals surface area (Å²) in [6.45, 7) is 1.98. The minimum atomic E-state index is -0.540. The molecule has 0 bridgehead atoms. The fourth-order valence-electron chi connectivity index (χ4n) is 1.98. The quantitative estimate of drug-likeness (QED) is 0.554. The highest BCUT2D eigenvalue weighted by Gasteiger charge is 2.15. The number of rotatable bonds is 2. The lowest BCUT2D eigenvalue weighted by atomic mass is 10.1. The van der Waals surface area contributed by atoms with E-state index in [1.54, 1.807) is 24.3 Å². The van der Waals surface area contributed by atoms with Crippen LogP contribution in [0.4, 0.5) is 5.69 Å². The number of para-hydroxylation sites is 1. The third-order valence-corrected chi connectivity index (χ3v) is 3.61. The topological polar surface area (TPSA) is 82.0 Å². The van der Waals surface area contributed by atoms with E-state index in [0.717, 1.165) is 0 Å². The van der Waals surface area contributed by atoms with Gasteiger partial charge in [0.05, 0.1) is 10.4 Å². The Kier molecular flexibility index (Phi) is 5.62. The molecule has 1 aromatic heterocycles. The molecule has 0 saturated carbocycles.